The van der Waals surface area contributed by atoms with Crippen molar-refractivity contribution in [3.05, 3.63) is 83.1 Å². The van der Waals surface area contributed by atoms with Crippen LogP contribution in [0.5, 0.6) is 0 Å². The highest BCUT2D eigenvalue weighted by molar-refractivity contribution is 6.33. The van der Waals surface area contributed by atoms with Crippen LogP contribution in [0.3, 0.4) is 0 Å². The zero-order valence-corrected chi connectivity index (χ0v) is 12.8. The minimum atomic E-state index is -1.05. The molecule has 0 radical (unpaired) electrons. The molecule has 1 aromatic heterocycles. The predicted molar refractivity (Wildman–Crippen MR) is 91.4 cm³/mol. The number of halogens is 1. The lowest BCUT2D eigenvalue weighted by molar-refractivity contribution is 0.0697. The van der Waals surface area contributed by atoms with E-state index in [1.165, 1.54) is 12.1 Å². The molecule has 114 valence electrons. The quantitative estimate of drug-likeness (QED) is 0.714. The van der Waals surface area contributed by atoms with Crippen molar-refractivity contribution in [3.63, 3.8) is 0 Å². The van der Waals surface area contributed by atoms with Crippen LogP contribution in [0.2, 0.25) is 5.02 Å². The van der Waals surface area contributed by atoms with Gasteiger partial charge in [0.2, 0.25) is 0 Å². The first kappa shape index (κ1) is 15.1. The summed E-state index contributed by atoms with van der Waals surface area (Å²) in [5.74, 6) is -1.05. The van der Waals surface area contributed by atoms with E-state index in [-0.39, 0.29) is 10.6 Å². The molecule has 3 rings (SSSR count). The summed E-state index contributed by atoms with van der Waals surface area (Å²) in [6, 6.07) is 18.4. The molecule has 0 aliphatic rings. The van der Waals surface area contributed by atoms with E-state index < -0.39 is 5.97 Å². The van der Waals surface area contributed by atoms with E-state index in [1.54, 1.807) is 12.3 Å². The molecule has 4 nitrogen and oxygen atoms in total. The molecule has 0 aliphatic heterocycles. The third kappa shape index (κ3) is 3.33. The number of aliphatic imine (C=N–C) groups is 1. The minimum Gasteiger partial charge on any atom is -0.478 e. The Labute approximate surface area is 138 Å². The van der Waals surface area contributed by atoms with Crippen molar-refractivity contribution in [2.24, 2.45) is 4.99 Å². The monoisotopic (exact) mass is 324 g/mol. The van der Waals surface area contributed by atoms with Gasteiger partial charge in [0.1, 0.15) is 0 Å². The number of aromatic carboxylic acids is 1. The lowest BCUT2D eigenvalue weighted by Gasteiger charge is -2.05. The lowest BCUT2D eigenvalue weighted by Crippen LogP contribution is -1.97. The molecule has 0 spiro atoms. The van der Waals surface area contributed by atoms with E-state index >= 15 is 0 Å². The molecule has 0 fully saturated rings. The number of rotatable bonds is 4. The van der Waals surface area contributed by atoms with Crippen LogP contribution in [0.25, 0.3) is 5.69 Å². The number of carbonyl (C=O) groups is 1. The average molecular weight is 325 g/mol. The van der Waals surface area contributed by atoms with Gasteiger partial charge in [-0.25, -0.2) is 4.79 Å². The van der Waals surface area contributed by atoms with Crippen molar-refractivity contribution in [1.29, 1.82) is 0 Å². The molecule has 0 saturated heterocycles. The summed E-state index contributed by atoms with van der Waals surface area (Å²) in [7, 11) is 0. The number of hydrogen-bond acceptors (Lipinski definition) is 2. The van der Waals surface area contributed by atoms with Crippen LogP contribution in [0.4, 0.5) is 5.69 Å². The first-order valence-corrected chi connectivity index (χ1v) is 7.32. The summed E-state index contributed by atoms with van der Waals surface area (Å²) in [6.45, 7) is 0. The van der Waals surface area contributed by atoms with Crippen LogP contribution in [0, 0.1) is 0 Å². The molecule has 3 aromatic rings. The number of para-hydroxylation sites is 1. The summed E-state index contributed by atoms with van der Waals surface area (Å²) in [4.78, 5) is 15.3. The van der Waals surface area contributed by atoms with Crippen LogP contribution >= 0.6 is 11.6 Å². The number of carboxylic acids is 1. The lowest BCUT2D eigenvalue weighted by atomic mass is 10.2. The van der Waals surface area contributed by atoms with Gasteiger partial charge in [0, 0.05) is 11.9 Å². The van der Waals surface area contributed by atoms with Crippen molar-refractivity contribution >= 4 is 29.5 Å². The van der Waals surface area contributed by atoms with Crippen LogP contribution in [-0.4, -0.2) is 21.9 Å². The molecule has 1 N–H and O–H groups in total. The number of hydrogen-bond donors (Lipinski definition) is 1. The van der Waals surface area contributed by atoms with Gasteiger partial charge in [0.25, 0.3) is 0 Å². The molecule has 0 saturated carbocycles. The first-order valence-electron chi connectivity index (χ1n) is 6.95. The number of nitrogens with zero attached hydrogens (tertiary/aromatic N) is 2. The fourth-order valence-corrected chi connectivity index (χ4v) is 2.48. The smallest absolute Gasteiger partial charge is 0.337 e. The molecule has 23 heavy (non-hydrogen) atoms. The fourth-order valence-electron chi connectivity index (χ4n) is 2.22. The van der Waals surface area contributed by atoms with Crippen LogP contribution in [0.1, 0.15) is 16.1 Å². The van der Waals surface area contributed by atoms with E-state index in [1.807, 2.05) is 53.2 Å². The highest BCUT2D eigenvalue weighted by atomic mass is 35.5. The van der Waals surface area contributed by atoms with Gasteiger partial charge in [0.15, 0.2) is 0 Å². The molecule has 1 heterocycles. The van der Waals surface area contributed by atoms with Crippen molar-refractivity contribution in [2.75, 3.05) is 0 Å². The van der Waals surface area contributed by atoms with Gasteiger partial charge in [-0.05, 0) is 42.5 Å². The van der Waals surface area contributed by atoms with E-state index in [0.29, 0.717) is 5.69 Å². The van der Waals surface area contributed by atoms with Gasteiger partial charge in [-0.1, -0.05) is 29.8 Å². The molecule has 0 unspecified atom stereocenters. The summed E-state index contributed by atoms with van der Waals surface area (Å²) >= 11 is 5.95. The van der Waals surface area contributed by atoms with Crippen LogP contribution in [-0.2, 0) is 0 Å². The molecule has 0 aliphatic carbocycles. The Balaban J connectivity index is 1.89. The zero-order valence-electron chi connectivity index (χ0n) is 12.1. The summed E-state index contributed by atoms with van der Waals surface area (Å²) in [6.07, 6.45) is 3.68. The van der Waals surface area contributed by atoms with E-state index in [2.05, 4.69) is 4.99 Å². The number of aromatic nitrogens is 1. The van der Waals surface area contributed by atoms with Crippen molar-refractivity contribution < 1.29 is 9.90 Å². The second kappa shape index (κ2) is 6.50. The Morgan fingerprint density at radius 1 is 1.09 bits per heavy atom. The predicted octanol–water partition coefficient (Wildman–Crippen LogP) is 4.58. The molecule has 2 aromatic carbocycles. The highest BCUT2D eigenvalue weighted by Crippen LogP contribution is 2.23. The van der Waals surface area contributed by atoms with Crippen LogP contribution < -0.4 is 0 Å². The Morgan fingerprint density at radius 3 is 2.57 bits per heavy atom. The van der Waals surface area contributed by atoms with E-state index in [9.17, 15) is 4.79 Å². The third-order valence-electron chi connectivity index (χ3n) is 3.34. The van der Waals surface area contributed by atoms with Gasteiger partial charge in [0.05, 0.1) is 28.2 Å². The standard InChI is InChI=1S/C18H13ClN2O2/c19-17-11-13(8-9-16(17)18(22)23)20-12-15-7-4-10-21(15)14-5-2-1-3-6-14/h1-12H,(H,22,23). The maximum Gasteiger partial charge on any atom is 0.337 e. The van der Waals surface area contributed by atoms with Crippen molar-refractivity contribution in [2.45, 2.75) is 0 Å². The highest BCUT2D eigenvalue weighted by Gasteiger charge is 2.08. The topological polar surface area (TPSA) is 54.6 Å². The normalized spacial score (nSPS) is 11.0. The Bertz CT molecular complexity index is 870. The average Bonchev–Trinajstić information content (AvgIpc) is 3.02. The Hall–Kier alpha value is -2.85. The fraction of sp³-hybridized carbons (Fsp3) is 0. The first-order chi connectivity index (χ1) is 11.1. The maximum atomic E-state index is 11.0. The molecular formula is C18H13ClN2O2. The van der Waals surface area contributed by atoms with Gasteiger partial charge >= 0.3 is 5.97 Å². The zero-order chi connectivity index (χ0) is 16.2. The van der Waals surface area contributed by atoms with Crippen LogP contribution in [0.15, 0.2) is 71.9 Å². The SMILES string of the molecule is O=C(O)c1ccc(N=Cc2cccn2-c2ccccc2)cc1Cl. The Morgan fingerprint density at radius 2 is 1.87 bits per heavy atom. The molecule has 0 amide bonds. The second-order valence-corrected chi connectivity index (χ2v) is 5.27. The summed E-state index contributed by atoms with van der Waals surface area (Å²) < 4.78 is 2.01. The largest absolute Gasteiger partial charge is 0.478 e. The molecule has 0 atom stereocenters. The minimum absolute atomic E-state index is 0.0678. The van der Waals surface area contributed by atoms with Gasteiger partial charge in [-0.3, -0.25) is 4.99 Å². The van der Waals surface area contributed by atoms with E-state index in [0.717, 1.165) is 11.4 Å². The molecular weight excluding hydrogens is 312 g/mol. The molecule has 0 bridgehead atoms. The summed E-state index contributed by atoms with van der Waals surface area (Å²) in [5.41, 5.74) is 2.62. The van der Waals surface area contributed by atoms with Crippen molar-refractivity contribution in [1.82, 2.24) is 4.57 Å². The van der Waals surface area contributed by atoms with Crippen molar-refractivity contribution in [3.8, 4) is 5.69 Å². The van der Waals surface area contributed by atoms with Gasteiger partial charge in [-0.15, -0.1) is 0 Å². The van der Waals surface area contributed by atoms with Gasteiger partial charge in [-0.2, -0.15) is 0 Å². The maximum absolute atomic E-state index is 11.0. The van der Waals surface area contributed by atoms with E-state index in [4.69, 9.17) is 16.7 Å². The molecule has 5 heteroatoms. The third-order valence-corrected chi connectivity index (χ3v) is 3.66. The summed E-state index contributed by atoms with van der Waals surface area (Å²) in [5, 5.41) is 9.14. The van der Waals surface area contributed by atoms with Gasteiger partial charge < -0.3 is 9.67 Å². The second-order valence-electron chi connectivity index (χ2n) is 4.87. The Kier molecular flexibility index (Phi) is 4.26. The number of benzene rings is 2. The number of carboxylic acid groups (broad SMARTS) is 1.